The van der Waals surface area contributed by atoms with Crippen molar-refractivity contribution >= 4 is 5.91 Å². The van der Waals surface area contributed by atoms with Gasteiger partial charge in [-0.25, -0.2) is 8.78 Å². The van der Waals surface area contributed by atoms with E-state index in [9.17, 15) is 13.6 Å². The number of carbonyl (C=O) groups excluding carboxylic acids is 1. The van der Waals surface area contributed by atoms with E-state index in [-0.39, 0.29) is 31.5 Å². The minimum atomic E-state index is -2.46. The average Bonchev–Trinajstić information content (AvgIpc) is 2.15. The molecule has 1 unspecified atom stereocenters. The van der Waals surface area contributed by atoms with Gasteiger partial charge < -0.3 is 15.8 Å². The molecule has 0 rings (SSSR count). The lowest BCUT2D eigenvalue weighted by molar-refractivity contribution is -0.124. The van der Waals surface area contributed by atoms with E-state index in [2.05, 4.69) is 10.1 Å². The molecule has 0 aromatic rings. The number of alkyl halides is 2. The van der Waals surface area contributed by atoms with E-state index in [1.54, 1.807) is 6.92 Å². The molecule has 0 fully saturated rings. The van der Waals surface area contributed by atoms with Crippen LogP contribution in [0, 0.1) is 5.92 Å². The molecule has 0 aliphatic heterocycles. The number of carbonyl (C=O) groups is 1. The maximum Gasteiger partial charge on any atom is 0.261 e. The fourth-order valence-corrected chi connectivity index (χ4v) is 0.700. The summed E-state index contributed by atoms with van der Waals surface area (Å²) in [4.78, 5) is 11.1. The predicted molar refractivity (Wildman–Crippen MR) is 48.1 cm³/mol. The topological polar surface area (TPSA) is 64.4 Å². The van der Waals surface area contributed by atoms with Crippen molar-refractivity contribution in [1.29, 1.82) is 0 Å². The molecule has 0 saturated carbocycles. The number of nitrogens with two attached hydrogens (primary N) is 1. The van der Waals surface area contributed by atoms with Crippen molar-refractivity contribution < 1.29 is 18.3 Å². The minimum absolute atomic E-state index is 0.0906. The molecule has 4 nitrogen and oxygen atoms in total. The van der Waals surface area contributed by atoms with Crippen molar-refractivity contribution in [2.24, 2.45) is 11.7 Å². The first kappa shape index (κ1) is 13.2. The first-order chi connectivity index (χ1) is 6.57. The Morgan fingerprint density at radius 2 is 2.21 bits per heavy atom. The highest BCUT2D eigenvalue weighted by Crippen LogP contribution is 1.92. The summed E-state index contributed by atoms with van der Waals surface area (Å²) in [6.07, 6.45) is -2.46. The molecular weight excluding hydrogens is 194 g/mol. The summed E-state index contributed by atoms with van der Waals surface area (Å²) in [5, 5.41) is 2.52. The second kappa shape index (κ2) is 7.64. The van der Waals surface area contributed by atoms with Gasteiger partial charge >= 0.3 is 0 Å². The lowest BCUT2D eigenvalue weighted by Crippen LogP contribution is -2.35. The predicted octanol–water partition coefficient (Wildman–Crippen LogP) is -0.0209. The number of amides is 1. The van der Waals surface area contributed by atoms with Crippen molar-refractivity contribution in [1.82, 2.24) is 5.32 Å². The molecule has 14 heavy (non-hydrogen) atoms. The summed E-state index contributed by atoms with van der Waals surface area (Å²) < 4.78 is 27.7. The molecule has 0 radical (unpaired) electrons. The molecule has 84 valence electrons. The smallest absolute Gasteiger partial charge is 0.261 e. The fraction of sp³-hybridized carbons (Fsp3) is 0.875. The molecule has 0 saturated heterocycles. The van der Waals surface area contributed by atoms with Gasteiger partial charge in [0.15, 0.2) is 0 Å². The van der Waals surface area contributed by atoms with Gasteiger partial charge in [-0.15, -0.1) is 0 Å². The molecule has 0 heterocycles. The number of ether oxygens (including phenoxy) is 1. The molecule has 0 aromatic carbocycles. The van der Waals surface area contributed by atoms with Crippen LogP contribution in [-0.2, 0) is 9.53 Å². The second-order valence-electron chi connectivity index (χ2n) is 2.89. The number of hydrogen-bond donors (Lipinski definition) is 2. The number of nitrogens with one attached hydrogen (secondary N) is 1. The average molecular weight is 210 g/mol. The number of hydrogen-bond acceptors (Lipinski definition) is 3. The molecule has 1 amide bonds. The van der Waals surface area contributed by atoms with Crippen LogP contribution in [0.1, 0.15) is 6.92 Å². The van der Waals surface area contributed by atoms with E-state index in [0.29, 0.717) is 0 Å². The Labute approximate surface area is 81.8 Å². The van der Waals surface area contributed by atoms with E-state index < -0.39 is 13.0 Å². The summed E-state index contributed by atoms with van der Waals surface area (Å²) in [5.74, 6) is -0.446. The van der Waals surface area contributed by atoms with Gasteiger partial charge in [0, 0.05) is 19.0 Å². The zero-order valence-corrected chi connectivity index (χ0v) is 8.13. The molecule has 0 aromatic heterocycles. The van der Waals surface area contributed by atoms with Crippen LogP contribution in [0.15, 0.2) is 0 Å². The summed E-state index contributed by atoms with van der Waals surface area (Å²) in [6, 6.07) is 0. The van der Waals surface area contributed by atoms with Crippen LogP contribution in [-0.4, -0.2) is 38.6 Å². The molecule has 0 aliphatic rings. The Morgan fingerprint density at radius 1 is 1.57 bits per heavy atom. The Kier molecular flexibility index (Phi) is 7.23. The van der Waals surface area contributed by atoms with Gasteiger partial charge in [-0.1, -0.05) is 6.92 Å². The highest BCUT2D eigenvalue weighted by atomic mass is 19.3. The van der Waals surface area contributed by atoms with Gasteiger partial charge in [-0.3, -0.25) is 4.79 Å². The third-order valence-corrected chi connectivity index (χ3v) is 1.59. The fourth-order valence-electron chi connectivity index (χ4n) is 0.700. The van der Waals surface area contributed by atoms with Crippen LogP contribution in [0.5, 0.6) is 0 Å². The van der Waals surface area contributed by atoms with E-state index in [4.69, 9.17) is 5.73 Å². The van der Waals surface area contributed by atoms with Gasteiger partial charge in [0.1, 0.15) is 6.61 Å². The third kappa shape index (κ3) is 6.73. The van der Waals surface area contributed by atoms with Crippen LogP contribution < -0.4 is 11.1 Å². The maximum atomic E-state index is 11.6. The van der Waals surface area contributed by atoms with Gasteiger partial charge in [-0.2, -0.15) is 0 Å². The Morgan fingerprint density at radius 3 is 2.71 bits per heavy atom. The van der Waals surface area contributed by atoms with Gasteiger partial charge in [-0.05, 0) is 0 Å². The van der Waals surface area contributed by atoms with Crippen LogP contribution in [0.25, 0.3) is 0 Å². The molecular formula is C8H16F2N2O2. The SMILES string of the molecule is CC(CN)C(=O)NCCOCC(F)F. The van der Waals surface area contributed by atoms with Crippen LogP contribution >= 0.6 is 0 Å². The Bertz CT molecular complexity index is 167. The summed E-state index contributed by atoms with van der Waals surface area (Å²) in [5.41, 5.74) is 5.25. The third-order valence-electron chi connectivity index (χ3n) is 1.59. The second-order valence-corrected chi connectivity index (χ2v) is 2.89. The van der Waals surface area contributed by atoms with E-state index in [0.717, 1.165) is 0 Å². The van der Waals surface area contributed by atoms with Crippen molar-refractivity contribution in [3.05, 3.63) is 0 Å². The largest absolute Gasteiger partial charge is 0.374 e. The Hall–Kier alpha value is -0.750. The van der Waals surface area contributed by atoms with Crippen LogP contribution in [0.3, 0.4) is 0 Å². The molecule has 0 aliphatic carbocycles. The molecule has 1 atom stereocenters. The zero-order chi connectivity index (χ0) is 11.0. The van der Waals surface area contributed by atoms with Gasteiger partial charge in [0.05, 0.1) is 6.61 Å². The quantitative estimate of drug-likeness (QED) is 0.580. The first-order valence-electron chi connectivity index (χ1n) is 4.41. The van der Waals surface area contributed by atoms with E-state index in [1.165, 1.54) is 0 Å². The van der Waals surface area contributed by atoms with Gasteiger partial charge in [0.25, 0.3) is 6.43 Å². The normalized spacial score (nSPS) is 12.9. The monoisotopic (exact) mass is 210 g/mol. The van der Waals surface area contributed by atoms with E-state index >= 15 is 0 Å². The number of halogens is 2. The van der Waals surface area contributed by atoms with Crippen molar-refractivity contribution in [2.45, 2.75) is 13.3 Å². The molecule has 0 spiro atoms. The van der Waals surface area contributed by atoms with Crippen LogP contribution in [0.2, 0.25) is 0 Å². The highest BCUT2D eigenvalue weighted by molar-refractivity contribution is 5.78. The van der Waals surface area contributed by atoms with E-state index in [1.807, 2.05) is 0 Å². The standard InChI is InChI=1S/C8H16F2N2O2/c1-6(4-11)8(13)12-2-3-14-5-7(9)10/h6-7H,2-5,11H2,1H3,(H,12,13). The van der Waals surface area contributed by atoms with Crippen molar-refractivity contribution in [3.63, 3.8) is 0 Å². The molecule has 6 heteroatoms. The zero-order valence-electron chi connectivity index (χ0n) is 8.13. The first-order valence-corrected chi connectivity index (χ1v) is 4.41. The summed E-state index contributed by atoms with van der Waals surface area (Å²) in [7, 11) is 0. The van der Waals surface area contributed by atoms with Crippen LogP contribution in [0.4, 0.5) is 8.78 Å². The molecule has 0 bridgehead atoms. The minimum Gasteiger partial charge on any atom is -0.374 e. The lowest BCUT2D eigenvalue weighted by Gasteiger charge is -2.09. The Balaban J connectivity index is 3.32. The van der Waals surface area contributed by atoms with Crippen molar-refractivity contribution in [2.75, 3.05) is 26.3 Å². The highest BCUT2D eigenvalue weighted by Gasteiger charge is 2.09. The summed E-state index contributed by atoms with van der Waals surface area (Å²) in [6.45, 7) is 1.69. The lowest BCUT2D eigenvalue weighted by atomic mass is 10.2. The summed E-state index contributed by atoms with van der Waals surface area (Å²) >= 11 is 0. The molecule has 3 N–H and O–H groups in total. The van der Waals surface area contributed by atoms with Gasteiger partial charge in [0.2, 0.25) is 5.91 Å². The van der Waals surface area contributed by atoms with Crippen molar-refractivity contribution in [3.8, 4) is 0 Å². The maximum absolute atomic E-state index is 11.6. The number of rotatable bonds is 7.